The highest BCUT2D eigenvalue weighted by atomic mass is 35.5. The molecule has 4 aliphatic rings. The summed E-state index contributed by atoms with van der Waals surface area (Å²) in [5, 5.41) is 7.89. The van der Waals surface area contributed by atoms with Crippen LogP contribution in [0, 0.1) is 17.8 Å². The van der Waals surface area contributed by atoms with Crippen LogP contribution >= 0.6 is 11.6 Å². The van der Waals surface area contributed by atoms with E-state index in [0.717, 1.165) is 42.7 Å². The van der Waals surface area contributed by atoms with E-state index in [1.165, 1.54) is 19.3 Å². The van der Waals surface area contributed by atoms with E-state index in [0.29, 0.717) is 17.9 Å². The molecule has 30 heavy (non-hydrogen) atoms. The molecule has 4 fully saturated rings. The molecule has 6 rings (SSSR count). The van der Waals surface area contributed by atoms with Crippen molar-refractivity contribution in [2.24, 2.45) is 17.8 Å². The van der Waals surface area contributed by atoms with Gasteiger partial charge in [-0.25, -0.2) is 9.48 Å². The first-order valence-electron chi connectivity index (χ1n) is 10.8. The maximum atomic E-state index is 13.2. The number of hydrogen-bond acceptors (Lipinski definition) is 5. The Morgan fingerprint density at radius 2 is 1.77 bits per heavy atom. The average Bonchev–Trinajstić information content (AvgIpc) is 2.71. The lowest BCUT2D eigenvalue weighted by Gasteiger charge is -2.56. The summed E-state index contributed by atoms with van der Waals surface area (Å²) in [5.41, 5.74) is 1.30. The van der Waals surface area contributed by atoms with Crippen LogP contribution in [0.1, 0.15) is 55.8 Å². The molecule has 6 nitrogen and oxygen atoms in total. The van der Waals surface area contributed by atoms with Crippen molar-refractivity contribution >= 4 is 28.9 Å². The highest BCUT2D eigenvalue weighted by Crippen LogP contribution is 2.58. The molecule has 2 aromatic rings. The minimum Gasteiger partial charge on any atom is -0.462 e. The van der Waals surface area contributed by atoms with Crippen LogP contribution in [0.3, 0.4) is 0 Å². The number of esters is 1. The first-order valence-corrected chi connectivity index (χ1v) is 11.2. The van der Waals surface area contributed by atoms with Crippen molar-refractivity contribution in [1.29, 1.82) is 0 Å². The highest BCUT2D eigenvalue weighted by molar-refractivity contribution is 6.33. The van der Waals surface area contributed by atoms with E-state index in [9.17, 15) is 9.59 Å². The number of aromatic nitrogens is 2. The Bertz CT molecular complexity index is 996. The van der Waals surface area contributed by atoms with E-state index in [4.69, 9.17) is 16.3 Å². The third-order valence-electron chi connectivity index (χ3n) is 7.05. The van der Waals surface area contributed by atoms with Crippen molar-refractivity contribution in [2.75, 3.05) is 11.9 Å². The zero-order valence-corrected chi connectivity index (χ0v) is 17.8. The van der Waals surface area contributed by atoms with Gasteiger partial charge in [-0.3, -0.25) is 4.79 Å². The second kappa shape index (κ2) is 7.41. The van der Waals surface area contributed by atoms with E-state index < -0.39 is 0 Å². The molecule has 1 N–H and O–H groups in total. The van der Waals surface area contributed by atoms with E-state index in [1.54, 1.807) is 42.1 Å². The van der Waals surface area contributed by atoms with Crippen LogP contribution < -0.4 is 10.9 Å². The van der Waals surface area contributed by atoms with Gasteiger partial charge in [-0.15, -0.1) is 0 Å². The predicted molar refractivity (Wildman–Crippen MR) is 115 cm³/mol. The molecule has 0 unspecified atom stereocenters. The molecule has 0 saturated heterocycles. The summed E-state index contributed by atoms with van der Waals surface area (Å²) in [7, 11) is 0. The number of nitrogens with one attached hydrogen (secondary N) is 1. The van der Waals surface area contributed by atoms with Gasteiger partial charge in [0.25, 0.3) is 5.56 Å². The number of halogens is 1. The SMILES string of the molecule is CCOC(=O)c1ccc(Nc2cnn(C34CC5CC(CC(C5)C3)C4)c(=O)c2Cl)cc1. The van der Waals surface area contributed by atoms with Gasteiger partial charge < -0.3 is 10.1 Å². The fraction of sp³-hybridized carbons (Fsp3) is 0.522. The molecule has 1 heterocycles. The molecule has 0 radical (unpaired) electrons. The topological polar surface area (TPSA) is 73.2 Å². The summed E-state index contributed by atoms with van der Waals surface area (Å²) in [6, 6.07) is 6.87. The Morgan fingerprint density at radius 3 is 2.33 bits per heavy atom. The maximum absolute atomic E-state index is 13.2. The van der Waals surface area contributed by atoms with Gasteiger partial charge in [-0.05, 0) is 87.5 Å². The number of benzene rings is 1. The summed E-state index contributed by atoms with van der Waals surface area (Å²) in [6.07, 6.45) is 8.72. The van der Waals surface area contributed by atoms with Crippen molar-refractivity contribution in [3.63, 3.8) is 0 Å². The normalized spacial score (nSPS) is 29.1. The molecular formula is C23H26ClN3O3. The molecule has 7 heteroatoms. The lowest BCUT2D eigenvalue weighted by atomic mass is 9.53. The fourth-order valence-corrected chi connectivity index (χ4v) is 6.42. The number of ether oxygens (including phenoxy) is 1. The van der Waals surface area contributed by atoms with Gasteiger partial charge >= 0.3 is 5.97 Å². The predicted octanol–water partition coefficient (Wildman–Crippen LogP) is 4.74. The van der Waals surface area contributed by atoms with Gasteiger partial charge in [-0.2, -0.15) is 5.10 Å². The van der Waals surface area contributed by atoms with Crippen LogP contribution in [-0.2, 0) is 10.3 Å². The van der Waals surface area contributed by atoms with Crippen molar-refractivity contribution in [3.05, 3.63) is 51.4 Å². The molecule has 158 valence electrons. The summed E-state index contributed by atoms with van der Waals surface area (Å²) < 4.78 is 6.69. The van der Waals surface area contributed by atoms with E-state index in [-0.39, 0.29) is 22.1 Å². The van der Waals surface area contributed by atoms with Crippen LogP contribution in [0.15, 0.2) is 35.3 Å². The zero-order valence-electron chi connectivity index (χ0n) is 17.1. The molecule has 1 aromatic heterocycles. The highest BCUT2D eigenvalue weighted by Gasteiger charge is 2.53. The molecule has 1 aromatic carbocycles. The molecule has 4 saturated carbocycles. The molecule has 4 aliphatic carbocycles. The Labute approximate surface area is 180 Å². The van der Waals surface area contributed by atoms with E-state index in [1.807, 2.05) is 0 Å². The number of carbonyl (C=O) groups is 1. The van der Waals surface area contributed by atoms with E-state index in [2.05, 4.69) is 10.4 Å². The van der Waals surface area contributed by atoms with Crippen LogP contribution in [0.5, 0.6) is 0 Å². The summed E-state index contributed by atoms with van der Waals surface area (Å²) in [4.78, 5) is 25.0. The number of nitrogens with zero attached hydrogens (tertiary/aromatic N) is 2. The maximum Gasteiger partial charge on any atom is 0.338 e. The van der Waals surface area contributed by atoms with Crippen LogP contribution in [0.4, 0.5) is 11.4 Å². The molecular weight excluding hydrogens is 402 g/mol. The van der Waals surface area contributed by atoms with Crippen LogP contribution in [0.2, 0.25) is 5.02 Å². The number of rotatable bonds is 5. The largest absolute Gasteiger partial charge is 0.462 e. The minimum absolute atomic E-state index is 0.157. The van der Waals surface area contributed by atoms with Gasteiger partial charge in [0.1, 0.15) is 5.02 Å². The zero-order chi connectivity index (χ0) is 20.9. The molecule has 0 aliphatic heterocycles. The molecule has 4 bridgehead atoms. The van der Waals surface area contributed by atoms with Crippen molar-refractivity contribution in [1.82, 2.24) is 9.78 Å². The Hall–Kier alpha value is -2.34. The first kappa shape index (κ1) is 19.6. The monoisotopic (exact) mass is 427 g/mol. The minimum atomic E-state index is -0.359. The second-order valence-electron chi connectivity index (χ2n) is 9.15. The molecule has 0 atom stereocenters. The first-order chi connectivity index (χ1) is 14.5. The third-order valence-corrected chi connectivity index (χ3v) is 7.41. The molecule has 0 spiro atoms. The summed E-state index contributed by atoms with van der Waals surface area (Å²) in [6.45, 7) is 2.11. The van der Waals surface area contributed by atoms with Crippen LogP contribution in [-0.4, -0.2) is 22.4 Å². The van der Waals surface area contributed by atoms with Gasteiger partial charge in [0.15, 0.2) is 0 Å². The average molecular weight is 428 g/mol. The van der Waals surface area contributed by atoms with Crippen molar-refractivity contribution < 1.29 is 9.53 Å². The fourth-order valence-electron chi connectivity index (χ4n) is 6.24. The quantitative estimate of drug-likeness (QED) is 0.697. The van der Waals surface area contributed by atoms with Gasteiger partial charge in [0.05, 0.1) is 29.6 Å². The van der Waals surface area contributed by atoms with Crippen LogP contribution in [0.25, 0.3) is 0 Å². The lowest BCUT2D eigenvalue weighted by molar-refractivity contribution is -0.0518. The van der Waals surface area contributed by atoms with Gasteiger partial charge in [0, 0.05) is 5.69 Å². The lowest BCUT2D eigenvalue weighted by Crippen LogP contribution is -2.55. The Kier molecular flexibility index (Phi) is 4.85. The summed E-state index contributed by atoms with van der Waals surface area (Å²) in [5.74, 6) is 1.81. The Morgan fingerprint density at radius 1 is 1.17 bits per heavy atom. The Balaban J connectivity index is 1.39. The summed E-state index contributed by atoms with van der Waals surface area (Å²) >= 11 is 6.50. The van der Waals surface area contributed by atoms with Crippen molar-refractivity contribution in [3.8, 4) is 0 Å². The third kappa shape index (κ3) is 3.31. The standard InChI is InChI=1S/C23H26ClN3O3/c1-2-30-22(29)17-3-5-18(6-4-17)26-19-13-25-27(21(28)20(19)24)23-10-14-7-15(11-23)9-16(8-14)12-23/h3-6,13-16,26H,2,7-12H2,1H3. The number of anilines is 2. The number of hydrogen-bond donors (Lipinski definition) is 1. The number of carbonyl (C=O) groups excluding carboxylic acids is 1. The van der Waals surface area contributed by atoms with Gasteiger partial charge in [0.2, 0.25) is 0 Å². The van der Waals surface area contributed by atoms with E-state index >= 15 is 0 Å². The van der Waals surface area contributed by atoms with Gasteiger partial charge in [-0.1, -0.05) is 11.6 Å². The van der Waals surface area contributed by atoms with Crippen molar-refractivity contribution in [2.45, 2.75) is 51.0 Å². The molecule has 0 amide bonds. The smallest absolute Gasteiger partial charge is 0.338 e. The second-order valence-corrected chi connectivity index (χ2v) is 9.53.